The van der Waals surface area contributed by atoms with E-state index in [-0.39, 0.29) is 56.8 Å². The molecule has 0 spiro atoms. The van der Waals surface area contributed by atoms with Crippen LogP contribution in [0.3, 0.4) is 0 Å². The number of hydrogen-bond donors (Lipinski definition) is 10. The lowest BCUT2D eigenvalue weighted by atomic mass is 10.0. The number of fused-ring (bicyclic) bond motifs is 1. The number of hydrogen-bond acceptors (Lipinski definition) is 8. The fourth-order valence-corrected chi connectivity index (χ4v) is 4.82. The average molecular weight is 652 g/mol. The Hall–Kier alpha value is -5.64. The fraction of sp³-hybridized carbons (Fsp3) is 0.355. The third-order valence-corrected chi connectivity index (χ3v) is 7.34. The first-order chi connectivity index (χ1) is 22.3. The molecule has 0 aliphatic rings. The highest BCUT2D eigenvalue weighted by Crippen LogP contribution is 2.20. The van der Waals surface area contributed by atoms with Gasteiger partial charge in [-0.2, -0.15) is 0 Å². The molecule has 14 N–H and O–H groups in total. The highest BCUT2D eigenvalue weighted by atomic mass is 16.4. The molecule has 0 bridgehead atoms. The van der Waals surface area contributed by atoms with Crippen molar-refractivity contribution < 1.29 is 34.2 Å². The molecule has 1 heterocycles. The molecule has 0 radical (unpaired) electrons. The molecular formula is C31H41N9O7. The number of carbonyl (C=O) groups excluding carboxylic acids is 4. The molecular weight excluding hydrogens is 610 g/mol. The molecule has 4 atom stereocenters. The van der Waals surface area contributed by atoms with Crippen molar-refractivity contribution in [3.05, 3.63) is 65.9 Å². The lowest BCUT2D eigenvalue weighted by Gasteiger charge is -2.25. The Kier molecular flexibility index (Phi) is 13.1. The Bertz CT molecular complexity index is 1590. The van der Waals surface area contributed by atoms with Gasteiger partial charge in [0.1, 0.15) is 23.9 Å². The van der Waals surface area contributed by atoms with Crippen LogP contribution in [0.4, 0.5) is 0 Å². The maximum Gasteiger partial charge on any atom is 0.326 e. The summed E-state index contributed by atoms with van der Waals surface area (Å²) in [5.41, 5.74) is 23.8. The Labute approximate surface area is 270 Å². The Morgan fingerprint density at radius 2 is 1.43 bits per heavy atom. The number of rotatable bonds is 18. The number of guanidine groups is 1. The highest BCUT2D eigenvalue weighted by Gasteiger charge is 2.31. The second-order valence-corrected chi connectivity index (χ2v) is 11.0. The van der Waals surface area contributed by atoms with Crippen molar-refractivity contribution in [1.82, 2.24) is 20.9 Å². The van der Waals surface area contributed by atoms with Gasteiger partial charge in [-0.3, -0.25) is 24.2 Å². The van der Waals surface area contributed by atoms with E-state index in [9.17, 15) is 34.2 Å². The SMILES string of the molecule is NC(=O)CCC(N)C(=O)NC(Cc1c[nH]c2ccccc12)C(=O)NC(Cc1ccc(O)cc1)C(=O)NC(CCCN=C(N)N)C(=O)O. The van der Waals surface area contributed by atoms with Crippen LogP contribution in [0.5, 0.6) is 5.75 Å². The van der Waals surface area contributed by atoms with E-state index >= 15 is 0 Å². The number of benzene rings is 2. The van der Waals surface area contributed by atoms with Crippen LogP contribution in [0.15, 0.2) is 59.7 Å². The van der Waals surface area contributed by atoms with Crippen LogP contribution in [0.25, 0.3) is 10.9 Å². The number of aromatic amines is 1. The number of carboxylic acids is 1. The number of aromatic hydroxyl groups is 1. The fourth-order valence-electron chi connectivity index (χ4n) is 4.82. The van der Waals surface area contributed by atoms with Crippen molar-refractivity contribution in [3.8, 4) is 5.75 Å². The summed E-state index contributed by atoms with van der Waals surface area (Å²) in [6, 6.07) is 8.27. The number of phenolic OH excluding ortho intramolecular Hbond substituents is 1. The number of H-pyrrole nitrogens is 1. The molecule has 4 unspecified atom stereocenters. The molecule has 252 valence electrons. The van der Waals surface area contributed by atoms with Crippen LogP contribution >= 0.6 is 0 Å². The second-order valence-electron chi connectivity index (χ2n) is 11.0. The van der Waals surface area contributed by atoms with Crippen molar-refractivity contribution in [3.63, 3.8) is 0 Å². The van der Waals surface area contributed by atoms with Crippen molar-refractivity contribution >= 4 is 46.5 Å². The number of phenols is 1. The van der Waals surface area contributed by atoms with E-state index in [0.717, 1.165) is 10.9 Å². The number of nitrogens with two attached hydrogens (primary N) is 4. The number of para-hydroxylation sites is 1. The zero-order valence-electron chi connectivity index (χ0n) is 25.6. The molecule has 3 rings (SSSR count). The summed E-state index contributed by atoms with van der Waals surface area (Å²) in [4.78, 5) is 70.6. The quantitative estimate of drug-likeness (QED) is 0.0447. The minimum Gasteiger partial charge on any atom is -0.508 e. The van der Waals surface area contributed by atoms with Crippen molar-refractivity contribution in [2.24, 2.45) is 27.9 Å². The highest BCUT2D eigenvalue weighted by molar-refractivity contribution is 5.95. The molecule has 0 saturated heterocycles. The van der Waals surface area contributed by atoms with Crippen LogP contribution in [-0.4, -0.2) is 81.5 Å². The van der Waals surface area contributed by atoms with Gasteiger partial charge in [0.25, 0.3) is 0 Å². The predicted molar refractivity (Wildman–Crippen MR) is 174 cm³/mol. The Morgan fingerprint density at radius 3 is 2.06 bits per heavy atom. The molecule has 1 aromatic heterocycles. The number of carboxylic acid groups (broad SMARTS) is 1. The summed E-state index contributed by atoms with van der Waals surface area (Å²) in [6.07, 6.45) is 1.68. The minimum absolute atomic E-state index is 0.000165. The first-order valence-corrected chi connectivity index (χ1v) is 14.9. The van der Waals surface area contributed by atoms with Crippen LogP contribution in [0.2, 0.25) is 0 Å². The van der Waals surface area contributed by atoms with E-state index in [0.29, 0.717) is 11.1 Å². The van der Waals surface area contributed by atoms with Crippen molar-refractivity contribution in [2.45, 2.75) is 62.7 Å². The van der Waals surface area contributed by atoms with Gasteiger partial charge in [0.05, 0.1) is 6.04 Å². The number of aromatic nitrogens is 1. The molecule has 3 aromatic rings. The van der Waals surface area contributed by atoms with Crippen molar-refractivity contribution in [1.29, 1.82) is 0 Å². The summed E-state index contributed by atoms with van der Waals surface area (Å²) < 4.78 is 0. The number of amides is 4. The first kappa shape index (κ1) is 35.8. The van der Waals surface area contributed by atoms with Crippen LogP contribution in [0.1, 0.15) is 36.8 Å². The molecule has 16 nitrogen and oxygen atoms in total. The normalized spacial score (nSPS) is 13.5. The number of aliphatic imine (C=N–C) groups is 1. The third-order valence-electron chi connectivity index (χ3n) is 7.34. The second kappa shape index (κ2) is 17.2. The van der Waals surface area contributed by atoms with E-state index in [1.54, 1.807) is 18.3 Å². The topological polar surface area (TPSA) is 294 Å². The van der Waals surface area contributed by atoms with E-state index in [4.69, 9.17) is 22.9 Å². The van der Waals surface area contributed by atoms with E-state index in [2.05, 4.69) is 25.9 Å². The molecule has 0 fully saturated rings. The Morgan fingerprint density at radius 1 is 0.809 bits per heavy atom. The van der Waals surface area contributed by atoms with Gasteiger partial charge >= 0.3 is 5.97 Å². The summed E-state index contributed by atoms with van der Waals surface area (Å²) in [5.74, 6) is -4.36. The molecule has 47 heavy (non-hydrogen) atoms. The van der Waals surface area contributed by atoms with Gasteiger partial charge in [-0.05, 0) is 48.6 Å². The minimum atomic E-state index is -1.32. The zero-order chi connectivity index (χ0) is 34.5. The van der Waals surface area contributed by atoms with Gasteiger partial charge in [0.2, 0.25) is 23.6 Å². The van der Waals surface area contributed by atoms with E-state index in [1.165, 1.54) is 12.1 Å². The molecule has 4 amide bonds. The molecule has 2 aromatic carbocycles. The number of nitrogens with zero attached hydrogens (tertiary/aromatic N) is 1. The summed E-state index contributed by atoms with van der Waals surface area (Å²) in [7, 11) is 0. The van der Waals surface area contributed by atoms with E-state index in [1.807, 2.05) is 24.3 Å². The molecule has 0 aliphatic heterocycles. The summed E-state index contributed by atoms with van der Waals surface area (Å²) >= 11 is 0. The zero-order valence-corrected chi connectivity index (χ0v) is 25.6. The van der Waals surface area contributed by atoms with Crippen LogP contribution in [0, 0.1) is 0 Å². The van der Waals surface area contributed by atoms with E-state index < -0.39 is 53.8 Å². The molecule has 0 aliphatic carbocycles. The summed E-state index contributed by atoms with van der Waals surface area (Å²) in [6.45, 7) is 0.145. The monoisotopic (exact) mass is 651 g/mol. The molecule has 0 saturated carbocycles. The number of primary amides is 1. The maximum atomic E-state index is 13.9. The van der Waals surface area contributed by atoms with Gasteiger partial charge in [-0.25, -0.2) is 4.79 Å². The number of nitrogens with one attached hydrogen (secondary N) is 4. The predicted octanol–water partition coefficient (Wildman–Crippen LogP) is -1.16. The smallest absolute Gasteiger partial charge is 0.326 e. The van der Waals surface area contributed by atoms with Gasteiger partial charge in [-0.15, -0.1) is 0 Å². The van der Waals surface area contributed by atoms with Gasteiger partial charge < -0.3 is 54.1 Å². The maximum absolute atomic E-state index is 13.9. The third kappa shape index (κ3) is 11.3. The Balaban J connectivity index is 1.87. The summed E-state index contributed by atoms with van der Waals surface area (Å²) in [5, 5.41) is 28.0. The van der Waals surface area contributed by atoms with Gasteiger partial charge in [0, 0.05) is 42.9 Å². The molecule has 16 heteroatoms. The average Bonchev–Trinajstić information content (AvgIpc) is 3.43. The van der Waals surface area contributed by atoms with Gasteiger partial charge in [0.15, 0.2) is 5.96 Å². The number of aliphatic carboxylic acids is 1. The number of carbonyl (C=O) groups is 5. The van der Waals surface area contributed by atoms with Crippen LogP contribution in [-0.2, 0) is 36.8 Å². The lowest BCUT2D eigenvalue weighted by Crippen LogP contribution is -2.58. The van der Waals surface area contributed by atoms with Gasteiger partial charge in [-0.1, -0.05) is 30.3 Å². The largest absolute Gasteiger partial charge is 0.508 e. The lowest BCUT2D eigenvalue weighted by molar-refractivity contribution is -0.142. The van der Waals surface area contributed by atoms with Crippen molar-refractivity contribution in [2.75, 3.05) is 6.54 Å². The standard InChI is InChI=1S/C31H41N9O7/c32-21(11-12-26(33)42)27(43)39-25(15-18-16-37-22-5-2-1-4-20(18)22)29(45)40-24(14-17-7-9-19(41)10-8-17)28(44)38-23(30(46)47)6-3-13-36-31(34)35/h1-2,4-5,7-10,16,21,23-25,37,41H,3,6,11-15,32H2,(H2,33,42)(H,38,44)(H,39,43)(H,40,45)(H,46,47)(H4,34,35,36). The van der Waals surface area contributed by atoms with Crippen LogP contribution < -0.4 is 38.9 Å². The first-order valence-electron chi connectivity index (χ1n) is 14.9.